The SMILES string of the molecule is Cc1ccc([C@@H]2CC3=CC(=O)C[C@H](O)[C@]3(C)[C@H]3CC[C@@]4(C)[C@@H](CC[C@@]4(O)CCC(=O)O)[C@H]23)o1. The maximum atomic E-state index is 12.4. The maximum Gasteiger partial charge on any atom is 0.303 e. The molecule has 0 bridgehead atoms. The van der Waals surface area contributed by atoms with E-state index in [0.717, 1.165) is 36.4 Å². The molecule has 6 nitrogen and oxygen atoms in total. The summed E-state index contributed by atoms with van der Waals surface area (Å²) in [4.78, 5) is 23.7. The van der Waals surface area contributed by atoms with Gasteiger partial charge >= 0.3 is 5.97 Å². The molecule has 1 aromatic rings. The lowest BCUT2D eigenvalue weighted by molar-refractivity contribution is -0.157. The van der Waals surface area contributed by atoms with Gasteiger partial charge in [0.15, 0.2) is 5.78 Å². The molecule has 3 saturated carbocycles. The van der Waals surface area contributed by atoms with Crippen LogP contribution in [0.2, 0.25) is 0 Å². The molecule has 4 aliphatic carbocycles. The van der Waals surface area contributed by atoms with Gasteiger partial charge in [0.2, 0.25) is 0 Å². The van der Waals surface area contributed by atoms with Gasteiger partial charge in [-0.3, -0.25) is 9.59 Å². The van der Waals surface area contributed by atoms with Crippen molar-refractivity contribution >= 4 is 11.8 Å². The molecule has 0 unspecified atom stereocenters. The third kappa shape index (κ3) is 3.20. The molecule has 1 heterocycles. The first-order valence-electron chi connectivity index (χ1n) is 12.4. The average Bonchev–Trinajstić information content (AvgIpc) is 3.29. The number of carboxylic acids is 1. The predicted octanol–water partition coefficient (Wildman–Crippen LogP) is 4.38. The molecular weight excluding hydrogens is 420 g/mol. The Kier molecular flexibility index (Phi) is 5.22. The molecule has 5 rings (SSSR count). The van der Waals surface area contributed by atoms with Crippen LogP contribution in [0.3, 0.4) is 0 Å². The fourth-order valence-corrected chi connectivity index (χ4v) is 8.40. The number of aryl methyl sites for hydroxylation is 1. The molecule has 3 N–H and O–H groups in total. The number of furan rings is 1. The van der Waals surface area contributed by atoms with E-state index < -0.39 is 23.1 Å². The van der Waals surface area contributed by atoms with Crippen LogP contribution in [0.5, 0.6) is 0 Å². The van der Waals surface area contributed by atoms with E-state index in [2.05, 4.69) is 13.8 Å². The lowest BCUT2D eigenvalue weighted by atomic mass is 9.43. The second-order valence-electron chi connectivity index (χ2n) is 11.6. The van der Waals surface area contributed by atoms with E-state index in [9.17, 15) is 24.9 Å². The van der Waals surface area contributed by atoms with Gasteiger partial charge < -0.3 is 19.7 Å². The normalized spacial score (nSPS) is 44.6. The Balaban J connectivity index is 1.59. The lowest BCUT2D eigenvalue weighted by Crippen LogP contribution is -2.59. The number of hydrogen-bond acceptors (Lipinski definition) is 5. The van der Waals surface area contributed by atoms with E-state index in [1.807, 2.05) is 19.1 Å². The summed E-state index contributed by atoms with van der Waals surface area (Å²) in [7, 11) is 0. The molecular formula is C27H36O6. The molecule has 0 spiro atoms. The third-order valence-corrected chi connectivity index (χ3v) is 10.3. The third-order valence-electron chi connectivity index (χ3n) is 10.3. The van der Waals surface area contributed by atoms with Crippen molar-refractivity contribution in [3.63, 3.8) is 0 Å². The number of aliphatic carboxylic acids is 1. The Morgan fingerprint density at radius 1 is 1.15 bits per heavy atom. The quantitative estimate of drug-likeness (QED) is 0.621. The molecule has 6 heteroatoms. The smallest absolute Gasteiger partial charge is 0.303 e. The minimum absolute atomic E-state index is 0.00707. The van der Waals surface area contributed by atoms with E-state index in [-0.39, 0.29) is 54.1 Å². The Hall–Kier alpha value is -1.92. The molecule has 0 aliphatic heterocycles. The van der Waals surface area contributed by atoms with Crippen molar-refractivity contribution < 1.29 is 29.3 Å². The molecule has 0 amide bonds. The van der Waals surface area contributed by atoms with Crippen molar-refractivity contribution in [1.82, 2.24) is 0 Å². The fourth-order valence-electron chi connectivity index (χ4n) is 8.40. The van der Waals surface area contributed by atoms with Crippen LogP contribution >= 0.6 is 0 Å². The van der Waals surface area contributed by atoms with Crippen LogP contribution < -0.4 is 0 Å². The molecule has 0 aromatic carbocycles. The zero-order chi connectivity index (χ0) is 23.8. The highest BCUT2D eigenvalue weighted by atomic mass is 16.4. The highest BCUT2D eigenvalue weighted by Gasteiger charge is 2.67. The van der Waals surface area contributed by atoms with Gasteiger partial charge in [-0.1, -0.05) is 19.4 Å². The van der Waals surface area contributed by atoms with E-state index >= 15 is 0 Å². The highest BCUT2D eigenvalue weighted by molar-refractivity contribution is 5.92. The van der Waals surface area contributed by atoms with Crippen LogP contribution in [0.4, 0.5) is 0 Å². The first kappa shape index (κ1) is 22.9. The Labute approximate surface area is 195 Å². The summed E-state index contributed by atoms with van der Waals surface area (Å²) >= 11 is 0. The summed E-state index contributed by atoms with van der Waals surface area (Å²) in [5, 5.41) is 32.2. The van der Waals surface area contributed by atoms with Crippen molar-refractivity contribution in [1.29, 1.82) is 0 Å². The van der Waals surface area contributed by atoms with Gasteiger partial charge in [0.25, 0.3) is 0 Å². The summed E-state index contributed by atoms with van der Waals surface area (Å²) in [6.45, 7) is 6.22. The van der Waals surface area contributed by atoms with Crippen LogP contribution in [-0.4, -0.2) is 38.8 Å². The number of fused-ring (bicyclic) bond motifs is 5. The standard InChI is InChI=1S/C27H36O6/c1-15-4-5-21(33-15)18-13-16-12-17(28)14-22(29)26(16,3)20-6-9-25(2)19(24(18)20)7-10-27(25,32)11-8-23(30)31/h4-5,12,18-20,22,24,29,32H,6-11,13-14H2,1-3H3,(H,30,31)/t18-,19-,20-,22-,24-,25-,26-,27+/m0/s1. The molecule has 4 aliphatic rings. The van der Waals surface area contributed by atoms with Crippen molar-refractivity contribution in [2.45, 2.75) is 89.8 Å². The summed E-state index contributed by atoms with van der Waals surface area (Å²) in [5.41, 5.74) is -0.798. The molecule has 33 heavy (non-hydrogen) atoms. The van der Waals surface area contributed by atoms with Crippen LogP contribution in [0.15, 0.2) is 28.2 Å². The second-order valence-corrected chi connectivity index (χ2v) is 11.6. The highest BCUT2D eigenvalue weighted by Crippen LogP contribution is 2.70. The summed E-state index contributed by atoms with van der Waals surface area (Å²) in [5.74, 6) is 1.54. The van der Waals surface area contributed by atoms with Crippen molar-refractivity contribution in [2.24, 2.45) is 28.6 Å². The minimum Gasteiger partial charge on any atom is -0.481 e. The van der Waals surface area contributed by atoms with Gasteiger partial charge in [-0.15, -0.1) is 0 Å². The average molecular weight is 457 g/mol. The number of aliphatic hydroxyl groups excluding tert-OH is 1. The predicted molar refractivity (Wildman–Crippen MR) is 121 cm³/mol. The van der Waals surface area contributed by atoms with Crippen molar-refractivity contribution in [3.05, 3.63) is 35.3 Å². The van der Waals surface area contributed by atoms with Gasteiger partial charge in [0.05, 0.1) is 11.7 Å². The number of aliphatic hydroxyl groups is 2. The Morgan fingerprint density at radius 3 is 2.55 bits per heavy atom. The van der Waals surface area contributed by atoms with Gasteiger partial charge in [0.1, 0.15) is 11.5 Å². The molecule has 8 atom stereocenters. The van der Waals surface area contributed by atoms with Crippen molar-refractivity contribution in [2.75, 3.05) is 0 Å². The van der Waals surface area contributed by atoms with Crippen LogP contribution in [0, 0.1) is 35.5 Å². The monoisotopic (exact) mass is 456 g/mol. The number of hydrogen-bond donors (Lipinski definition) is 3. The Morgan fingerprint density at radius 2 is 1.88 bits per heavy atom. The number of carboxylic acid groups (broad SMARTS) is 1. The maximum absolute atomic E-state index is 12.4. The van der Waals surface area contributed by atoms with Gasteiger partial charge in [-0.05, 0) is 86.8 Å². The zero-order valence-corrected chi connectivity index (χ0v) is 19.8. The van der Waals surface area contributed by atoms with Crippen LogP contribution in [-0.2, 0) is 9.59 Å². The summed E-state index contributed by atoms with van der Waals surface area (Å²) in [6, 6.07) is 4.02. The minimum atomic E-state index is -0.997. The number of rotatable bonds is 4. The first-order chi connectivity index (χ1) is 15.5. The summed E-state index contributed by atoms with van der Waals surface area (Å²) in [6.07, 6.45) is 5.24. The summed E-state index contributed by atoms with van der Waals surface area (Å²) < 4.78 is 6.14. The molecule has 1 aromatic heterocycles. The van der Waals surface area contributed by atoms with Gasteiger partial charge in [-0.2, -0.15) is 0 Å². The van der Waals surface area contributed by atoms with E-state index in [1.165, 1.54) is 0 Å². The number of carbonyl (C=O) groups is 2. The van der Waals surface area contributed by atoms with Crippen LogP contribution in [0.1, 0.15) is 82.7 Å². The largest absolute Gasteiger partial charge is 0.481 e. The molecule has 0 saturated heterocycles. The number of ketones is 1. The van der Waals surface area contributed by atoms with Gasteiger partial charge in [-0.25, -0.2) is 0 Å². The van der Waals surface area contributed by atoms with Crippen LogP contribution in [0.25, 0.3) is 0 Å². The van der Waals surface area contributed by atoms with Crippen molar-refractivity contribution in [3.8, 4) is 0 Å². The van der Waals surface area contributed by atoms with E-state index in [0.29, 0.717) is 12.8 Å². The topological polar surface area (TPSA) is 108 Å². The van der Waals surface area contributed by atoms with E-state index in [4.69, 9.17) is 4.42 Å². The Bertz CT molecular complexity index is 1010. The van der Waals surface area contributed by atoms with Gasteiger partial charge in [0, 0.05) is 24.2 Å². The van der Waals surface area contributed by atoms with E-state index in [1.54, 1.807) is 6.08 Å². The molecule has 180 valence electrons. The zero-order valence-electron chi connectivity index (χ0n) is 19.8. The number of carbonyl (C=O) groups excluding carboxylic acids is 1. The molecule has 3 fully saturated rings. The fraction of sp³-hybridized carbons (Fsp3) is 0.704. The first-order valence-corrected chi connectivity index (χ1v) is 12.4. The lowest BCUT2D eigenvalue weighted by Gasteiger charge is -2.62. The second kappa shape index (κ2) is 7.54. The molecule has 0 radical (unpaired) electrons.